The maximum Gasteiger partial charge on any atom is 0.275 e. The number of carbonyl (C=O) groups is 3. The minimum absolute atomic E-state index is 0.0895. The Morgan fingerprint density at radius 1 is 1.10 bits per heavy atom. The molecule has 1 unspecified atom stereocenters. The SMILES string of the molecule is NS(=O)(=O)c1ccc2c(c1)NC(=O)C(c1ccccc1)N2C(=O)C1=NNC(=O)CC1. The lowest BCUT2D eigenvalue weighted by Crippen LogP contribution is -2.49. The summed E-state index contributed by atoms with van der Waals surface area (Å²) in [5.41, 5.74) is 3.35. The van der Waals surface area contributed by atoms with Crippen LogP contribution in [0, 0.1) is 0 Å². The van der Waals surface area contributed by atoms with E-state index < -0.39 is 27.9 Å². The lowest BCUT2D eigenvalue weighted by molar-refractivity contribution is -0.122. The normalized spacial score (nSPS) is 18.8. The molecule has 4 N–H and O–H groups in total. The van der Waals surface area contributed by atoms with Crippen LogP contribution >= 0.6 is 0 Å². The van der Waals surface area contributed by atoms with Crippen molar-refractivity contribution in [2.24, 2.45) is 10.2 Å². The lowest BCUT2D eigenvalue weighted by atomic mass is 9.98. The number of fused-ring (bicyclic) bond motifs is 1. The van der Waals surface area contributed by atoms with Crippen molar-refractivity contribution in [3.8, 4) is 0 Å². The highest BCUT2D eigenvalue weighted by Crippen LogP contribution is 2.39. The number of nitrogens with two attached hydrogens (primary N) is 1. The smallest absolute Gasteiger partial charge is 0.275 e. The Morgan fingerprint density at radius 3 is 2.47 bits per heavy atom. The molecule has 0 saturated carbocycles. The van der Waals surface area contributed by atoms with Crippen molar-refractivity contribution < 1.29 is 22.8 Å². The molecule has 2 aliphatic rings. The van der Waals surface area contributed by atoms with Gasteiger partial charge in [0, 0.05) is 12.8 Å². The van der Waals surface area contributed by atoms with Crippen LogP contribution in [0.15, 0.2) is 58.5 Å². The second-order valence-electron chi connectivity index (χ2n) is 6.80. The molecule has 0 spiro atoms. The van der Waals surface area contributed by atoms with E-state index in [4.69, 9.17) is 5.14 Å². The van der Waals surface area contributed by atoms with Gasteiger partial charge in [-0.2, -0.15) is 5.10 Å². The second-order valence-corrected chi connectivity index (χ2v) is 8.36. The minimum Gasteiger partial charge on any atom is -0.322 e. The molecular formula is C19H17N5O5S. The monoisotopic (exact) mass is 427 g/mol. The van der Waals surface area contributed by atoms with Gasteiger partial charge in [-0.1, -0.05) is 30.3 Å². The highest BCUT2D eigenvalue weighted by Gasteiger charge is 2.40. The Morgan fingerprint density at radius 2 is 1.83 bits per heavy atom. The molecule has 1 atom stereocenters. The summed E-state index contributed by atoms with van der Waals surface area (Å²) >= 11 is 0. The summed E-state index contributed by atoms with van der Waals surface area (Å²) in [6.07, 6.45) is 0.215. The molecule has 30 heavy (non-hydrogen) atoms. The summed E-state index contributed by atoms with van der Waals surface area (Å²) in [6, 6.07) is 11.5. The predicted octanol–water partition coefficient (Wildman–Crippen LogP) is 0.626. The van der Waals surface area contributed by atoms with Crippen molar-refractivity contribution in [2.75, 3.05) is 10.2 Å². The van der Waals surface area contributed by atoms with Crippen LogP contribution in [-0.2, 0) is 24.4 Å². The Balaban J connectivity index is 1.86. The number of nitrogens with zero attached hydrogens (tertiary/aromatic N) is 2. The number of hydrogen-bond acceptors (Lipinski definition) is 6. The maximum absolute atomic E-state index is 13.4. The zero-order valence-electron chi connectivity index (χ0n) is 15.5. The third kappa shape index (κ3) is 3.55. The first-order valence-electron chi connectivity index (χ1n) is 8.97. The number of primary sulfonamides is 1. The number of sulfonamides is 1. The van der Waals surface area contributed by atoms with Crippen LogP contribution < -0.4 is 20.8 Å². The molecule has 0 aromatic heterocycles. The number of amides is 3. The van der Waals surface area contributed by atoms with Gasteiger partial charge in [-0.05, 0) is 23.8 Å². The van der Waals surface area contributed by atoms with Crippen LogP contribution in [0.3, 0.4) is 0 Å². The van der Waals surface area contributed by atoms with Crippen molar-refractivity contribution in [1.29, 1.82) is 0 Å². The molecule has 0 fully saturated rings. The van der Waals surface area contributed by atoms with Crippen LogP contribution in [-0.4, -0.2) is 31.9 Å². The van der Waals surface area contributed by atoms with E-state index in [0.29, 0.717) is 11.3 Å². The quantitative estimate of drug-likeness (QED) is 0.656. The molecule has 2 aromatic carbocycles. The number of hydrazone groups is 1. The van der Waals surface area contributed by atoms with E-state index >= 15 is 0 Å². The van der Waals surface area contributed by atoms with Gasteiger partial charge in [-0.25, -0.2) is 19.0 Å². The zero-order chi connectivity index (χ0) is 21.5. The maximum atomic E-state index is 13.4. The molecule has 0 saturated heterocycles. The molecule has 2 aliphatic heterocycles. The number of carbonyl (C=O) groups excluding carboxylic acids is 3. The molecule has 0 radical (unpaired) electrons. The zero-order valence-corrected chi connectivity index (χ0v) is 16.3. The first-order valence-corrected chi connectivity index (χ1v) is 10.5. The average Bonchev–Trinajstić information content (AvgIpc) is 2.72. The summed E-state index contributed by atoms with van der Waals surface area (Å²) in [6.45, 7) is 0. The standard InChI is InChI=1S/C19H17N5O5S/c20-30(28,29)12-6-8-15-14(10-12)21-18(26)17(11-4-2-1-3-5-11)24(15)19(27)13-7-9-16(25)23-22-13/h1-6,8,10,17H,7,9H2,(H,21,26)(H,23,25)(H2,20,28,29). The van der Waals surface area contributed by atoms with Crippen molar-refractivity contribution in [2.45, 2.75) is 23.8 Å². The Bertz CT molecular complexity index is 1190. The van der Waals surface area contributed by atoms with Gasteiger partial charge in [-0.3, -0.25) is 19.3 Å². The van der Waals surface area contributed by atoms with Gasteiger partial charge in [0.15, 0.2) is 0 Å². The average molecular weight is 427 g/mol. The summed E-state index contributed by atoms with van der Waals surface area (Å²) < 4.78 is 23.4. The van der Waals surface area contributed by atoms with Crippen LogP contribution in [0.1, 0.15) is 24.4 Å². The number of anilines is 2. The fourth-order valence-electron chi connectivity index (χ4n) is 3.39. The first kappa shape index (κ1) is 19.7. The molecule has 11 heteroatoms. The van der Waals surface area contributed by atoms with Gasteiger partial charge in [0.1, 0.15) is 11.8 Å². The van der Waals surface area contributed by atoms with Gasteiger partial charge in [0.25, 0.3) is 11.8 Å². The molecule has 154 valence electrons. The second kappa shape index (κ2) is 7.35. The first-order chi connectivity index (χ1) is 14.3. The molecule has 3 amide bonds. The van der Waals surface area contributed by atoms with Crippen LogP contribution in [0.25, 0.3) is 0 Å². The largest absolute Gasteiger partial charge is 0.322 e. The Hall–Kier alpha value is -3.57. The molecule has 2 heterocycles. The van der Waals surface area contributed by atoms with Gasteiger partial charge in [0.05, 0.1) is 16.3 Å². The van der Waals surface area contributed by atoms with E-state index in [1.807, 2.05) is 0 Å². The van der Waals surface area contributed by atoms with Gasteiger partial charge in [-0.15, -0.1) is 0 Å². The van der Waals surface area contributed by atoms with E-state index in [-0.39, 0.29) is 35.0 Å². The number of benzene rings is 2. The molecule has 0 bridgehead atoms. The van der Waals surface area contributed by atoms with Crippen LogP contribution in [0.5, 0.6) is 0 Å². The fraction of sp³-hybridized carbons (Fsp3) is 0.158. The molecule has 4 rings (SSSR count). The van der Waals surface area contributed by atoms with Crippen LogP contribution in [0.2, 0.25) is 0 Å². The molecule has 10 nitrogen and oxygen atoms in total. The van der Waals surface area contributed by atoms with Crippen molar-refractivity contribution in [3.05, 3.63) is 54.1 Å². The lowest BCUT2D eigenvalue weighted by Gasteiger charge is -2.37. The topological polar surface area (TPSA) is 151 Å². The highest BCUT2D eigenvalue weighted by atomic mass is 32.2. The van der Waals surface area contributed by atoms with E-state index in [1.54, 1.807) is 30.3 Å². The molecule has 0 aliphatic carbocycles. The van der Waals surface area contributed by atoms with Gasteiger partial charge in [0.2, 0.25) is 15.9 Å². The van der Waals surface area contributed by atoms with E-state index in [2.05, 4.69) is 15.8 Å². The number of nitrogens with one attached hydrogen (secondary N) is 2. The highest BCUT2D eigenvalue weighted by molar-refractivity contribution is 7.89. The minimum atomic E-state index is -4.01. The van der Waals surface area contributed by atoms with Crippen molar-refractivity contribution >= 4 is 44.8 Å². The summed E-state index contributed by atoms with van der Waals surface area (Å²) in [7, 11) is -4.01. The van der Waals surface area contributed by atoms with Gasteiger partial charge < -0.3 is 5.32 Å². The van der Waals surface area contributed by atoms with E-state index in [9.17, 15) is 22.8 Å². The van der Waals surface area contributed by atoms with Crippen LogP contribution in [0.4, 0.5) is 11.4 Å². The summed E-state index contributed by atoms with van der Waals surface area (Å²) in [5, 5.41) is 11.7. The summed E-state index contributed by atoms with van der Waals surface area (Å²) in [4.78, 5) is 38.8. The number of rotatable bonds is 3. The molecule has 2 aromatic rings. The van der Waals surface area contributed by atoms with Gasteiger partial charge >= 0.3 is 0 Å². The van der Waals surface area contributed by atoms with E-state index in [1.165, 1.54) is 23.1 Å². The van der Waals surface area contributed by atoms with E-state index in [0.717, 1.165) is 0 Å². The predicted molar refractivity (Wildman–Crippen MR) is 108 cm³/mol. The fourth-order valence-corrected chi connectivity index (χ4v) is 3.93. The molecular weight excluding hydrogens is 410 g/mol. The Labute approximate surface area is 171 Å². The third-order valence-electron chi connectivity index (χ3n) is 4.81. The number of hydrogen-bond donors (Lipinski definition) is 3. The third-order valence-corrected chi connectivity index (χ3v) is 5.72. The Kier molecular flexibility index (Phi) is 4.84. The summed E-state index contributed by atoms with van der Waals surface area (Å²) in [5.74, 6) is -1.39. The van der Waals surface area contributed by atoms with Crippen molar-refractivity contribution in [1.82, 2.24) is 5.43 Å². The van der Waals surface area contributed by atoms with Crippen molar-refractivity contribution in [3.63, 3.8) is 0 Å².